The molecule has 2 bridgehead atoms. The van der Waals surface area contributed by atoms with E-state index in [1.807, 2.05) is 18.2 Å². The van der Waals surface area contributed by atoms with Crippen molar-refractivity contribution in [3.63, 3.8) is 0 Å². The number of fused-ring (bicyclic) bond motifs is 3. The average Bonchev–Trinajstić information content (AvgIpc) is 2.83. The Kier molecular flexibility index (Phi) is 10.4. The number of nitrogens with one attached hydrogen (secondary N) is 1. The Morgan fingerprint density at radius 2 is 1.82 bits per heavy atom. The minimum Gasteiger partial charge on any atom is -0.491 e. The molecule has 0 spiro atoms. The second kappa shape index (κ2) is 13.5. The molecule has 2 aromatic rings. The molecule has 5 heteroatoms. The average molecular weight is 467 g/mol. The highest BCUT2D eigenvalue weighted by molar-refractivity contribution is 5.94. The standard InChI is InChI=1S/C29H42N2O3/c1-5-27(6-2)30-29(32)25-10-11-28-26(20-25)19-23-8-7-9-24(18-23)21-31(13-12-22(3)4)14-15-33-16-17-34-28/h7-11,18,20,22,27H,5-6,12-17,19,21H2,1-4H3,(H,30,32). The van der Waals surface area contributed by atoms with Gasteiger partial charge in [-0.3, -0.25) is 9.69 Å². The van der Waals surface area contributed by atoms with Crippen LogP contribution in [0.1, 0.15) is 74.0 Å². The molecule has 0 aromatic heterocycles. The van der Waals surface area contributed by atoms with Crippen LogP contribution >= 0.6 is 0 Å². The number of carbonyl (C=O) groups is 1. The van der Waals surface area contributed by atoms with Crippen LogP contribution < -0.4 is 10.1 Å². The molecule has 1 heterocycles. The fourth-order valence-corrected chi connectivity index (χ4v) is 4.29. The third-order valence-electron chi connectivity index (χ3n) is 6.50. The first-order valence-corrected chi connectivity index (χ1v) is 12.9. The summed E-state index contributed by atoms with van der Waals surface area (Å²) in [5, 5.41) is 3.15. The molecule has 0 unspecified atom stereocenters. The van der Waals surface area contributed by atoms with Gasteiger partial charge in [-0.05, 0) is 66.6 Å². The molecule has 5 nitrogen and oxygen atoms in total. The summed E-state index contributed by atoms with van der Waals surface area (Å²) < 4.78 is 12.0. The third kappa shape index (κ3) is 8.14. The van der Waals surface area contributed by atoms with Gasteiger partial charge in [-0.2, -0.15) is 0 Å². The molecule has 34 heavy (non-hydrogen) atoms. The van der Waals surface area contributed by atoms with E-state index < -0.39 is 0 Å². The molecule has 1 aliphatic heterocycles. The van der Waals surface area contributed by atoms with Gasteiger partial charge < -0.3 is 14.8 Å². The summed E-state index contributed by atoms with van der Waals surface area (Å²) in [6.45, 7) is 13.4. The highest BCUT2D eigenvalue weighted by Gasteiger charge is 2.15. The number of amides is 1. The van der Waals surface area contributed by atoms with E-state index in [9.17, 15) is 4.79 Å². The van der Waals surface area contributed by atoms with Crippen LogP contribution in [0.4, 0.5) is 0 Å². The molecule has 186 valence electrons. The molecule has 0 radical (unpaired) electrons. The SMILES string of the molecule is CCC(CC)NC(=O)c1ccc2c(c1)Cc1cccc(c1)CN(CCC(C)C)CCOCCO2. The van der Waals surface area contributed by atoms with Crippen molar-refractivity contribution in [3.8, 4) is 5.75 Å². The summed E-state index contributed by atoms with van der Waals surface area (Å²) >= 11 is 0. The van der Waals surface area contributed by atoms with Crippen molar-refractivity contribution < 1.29 is 14.3 Å². The van der Waals surface area contributed by atoms with Crippen LogP contribution in [0.15, 0.2) is 42.5 Å². The minimum atomic E-state index is -0.0196. The molecule has 1 aliphatic rings. The maximum atomic E-state index is 12.9. The van der Waals surface area contributed by atoms with Crippen LogP contribution in [0.3, 0.4) is 0 Å². The normalized spacial score (nSPS) is 15.5. The Morgan fingerprint density at radius 1 is 1.03 bits per heavy atom. The van der Waals surface area contributed by atoms with Crippen LogP contribution in [-0.2, 0) is 17.7 Å². The van der Waals surface area contributed by atoms with E-state index in [1.165, 1.54) is 17.5 Å². The van der Waals surface area contributed by atoms with Crippen LogP contribution in [-0.4, -0.2) is 49.8 Å². The monoisotopic (exact) mass is 466 g/mol. The van der Waals surface area contributed by atoms with Gasteiger partial charge in [0.15, 0.2) is 0 Å². The Bertz CT molecular complexity index is 908. The zero-order valence-electron chi connectivity index (χ0n) is 21.4. The largest absolute Gasteiger partial charge is 0.491 e. The number of carbonyl (C=O) groups excluding carboxylic acids is 1. The van der Waals surface area contributed by atoms with Gasteiger partial charge in [-0.15, -0.1) is 0 Å². The second-order valence-electron chi connectivity index (χ2n) is 9.73. The van der Waals surface area contributed by atoms with Gasteiger partial charge in [0.25, 0.3) is 5.91 Å². The van der Waals surface area contributed by atoms with Gasteiger partial charge in [-0.1, -0.05) is 52.0 Å². The van der Waals surface area contributed by atoms with Crippen molar-refractivity contribution in [3.05, 3.63) is 64.7 Å². The molecule has 0 saturated heterocycles. The maximum absolute atomic E-state index is 12.9. The Morgan fingerprint density at radius 3 is 2.59 bits per heavy atom. The van der Waals surface area contributed by atoms with Crippen LogP contribution in [0.25, 0.3) is 0 Å². The number of rotatable bonds is 7. The van der Waals surface area contributed by atoms with Gasteiger partial charge >= 0.3 is 0 Å². The van der Waals surface area contributed by atoms with E-state index in [1.54, 1.807) is 0 Å². The predicted molar refractivity (Wildman–Crippen MR) is 139 cm³/mol. The first kappa shape index (κ1) is 26.2. The lowest BCUT2D eigenvalue weighted by Gasteiger charge is -2.24. The number of nitrogens with zero attached hydrogens (tertiary/aromatic N) is 1. The Balaban J connectivity index is 1.84. The molecular formula is C29H42N2O3. The van der Waals surface area contributed by atoms with Crippen LogP contribution in [0.2, 0.25) is 0 Å². The van der Waals surface area contributed by atoms with Crippen molar-refractivity contribution >= 4 is 5.91 Å². The highest BCUT2D eigenvalue weighted by Crippen LogP contribution is 2.25. The molecule has 0 atom stereocenters. The van der Waals surface area contributed by atoms with E-state index in [0.717, 1.165) is 50.2 Å². The van der Waals surface area contributed by atoms with Crippen molar-refractivity contribution in [1.29, 1.82) is 0 Å². The first-order valence-electron chi connectivity index (χ1n) is 12.9. The fraction of sp³-hybridized carbons (Fsp3) is 0.552. The quantitative estimate of drug-likeness (QED) is 0.589. The fourth-order valence-electron chi connectivity index (χ4n) is 4.29. The molecule has 1 amide bonds. The number of benzene rings is 2. The summed E-state index contributed by atoms with van der Waals surface area (Å²) in [5.41, 5.74) is 4.26. The molecular weight excluding hydrogens is 424 g/mol. The molecule has 0 fully saturated rings. The van der Waals surface area contributed by atoms with Crippen molar-refractivity contribution in [2.75, 3.05) is 32.9 Å². The van der Waals surface area contributed by atoms with Gasteiger partial charge in [0.05, 0.1) is 13.2 Å². The molecule has 2 aromatic carbocycles. The van der Waals surface area contributed by atoms with Crippen LogP contribution in [0, 0.1) is 5.92 Å². The lowest BCUT2D eigenvalue weighted by atomic mass is 9.99. The molecule has 1 N–H and O–H groups in total. The zero-order valence-corrected chi connectivity index (χ0v) is 21.4. The number of hydrogen-bond acceptors (Lipinski definition) is 4. The van der Waals surface area contributed by atoms with Gasteiger partial charge in [0, 0.05) is 31.1 Å². The highest BCUT2D eigenvalue weighted by atomic mass is 16.5. The van der Waals surface area contributed by atoms with Crippen LogP contribution in [0.5, 0.6) is 5.75 Å². The van der Waals surface area contributed by atoms with Crippen molar-refractivity contribution in [2.24, 2.45) is 5.92 Å². The van der Waals surface area contributed by atoms with Gasteiger partial charge in [0.1, 0.15) is 12.4 Å². The third-order valence-corrected chi connectivity index (χ3v) is 6.50. The van der Waals surface area contributed by atoms with Gasteiger partial charge in [0.2, 0.25) is 0 Å². The van der Waals surface area contributed by atoms with E-state index in [2.05, 4.69) is 62.2 Å². The summed E-state index contributed by atoms with van der Waals surface area (Å²) in [7, 11) is 0. The lowest BCUT2D eigenvalue weighted by Crippen LogP contribution is -2.33. The van der Waals surface area contributed by atoms with Crippen molar-refractivity contribution in [1.82, 2.24) is 10.2 Å². The Labute approximate surface area is 205 Å². The molecule has 3 rings (SSSR count). The summed E-state index contributed by atoms with van der Waals surface area (Å²) in [4.78, 5) is 15.4. The smallest absolute Gasteiger partial charge is 0.251 e. The second-order valence-corrected chi connectivity index (χ2v) is 9.73. The minimum absolute atomic E-state index is 0.0196. The zero-order chi connectivity index (χ0) is 24.3. The molecule has 0 saturated carbocycles. The summed E-state index contributed by atoms with van der Waals surface area (Å²) in [6, 6.07) is 14.8. The Hall–Kier alpha value is -2.37. The summed E-state index contributed by atoms with van der Waals surface area (Å²) in [6.07, 6.45) is 3.76. The molecule has 0 aliphatic carbocycles. The van der Waals surface area contributed by atoms with E-state index in [0.29, 0.717) is 31.3 Å². The lowest BCUT2D eigenvalue weighted by molar-refractivity contribution is 0.0764. The van der Waals surface area contributed by atoms with Crippen molar-refractivity contribution in [2.45, 2.75) is 66.0 Å². The predicted octanol–water partition coefficient (Wildman–Crippen LogP) is 5.45. The first-order chi connectivity index (χ1) is 16.5. The van der Waals surface area contributed by atoms with E-state index in [-0.39, 0.29) is 11.9 Å². The number of hydrogen-bond donors (Lipinski definition) is 1. The summed E-state index contributed by atoms with van der Waals surface area (Å²) in [5.74, 6) is 1.49. The maximum Gasteiger partial charge on any atom is 0.251 e. The van der Waals surface area contributed by atoms with E-state index in [4.69, 9.17) is 9.47 Å². The van der Waals surface area contributed by atoms with E-state index >= 15 is 0 Å². The van der Waals surface area contributed by atoms with Gasteiger partial charge in [-0.25, -0.2) is 0 Å². The topological polar surface area (TPSA) is 50.8 Å². The number of ether oxygens (including phenoxy) is 2.